The minimum absolute atomic E-state index is 0.295. The summed E-state index contributed by atoms with van der Waals surface area (Å²) in [7, 11) is 0. The number of alkyl halides is 5. The molecule has 1 aromatic heterocycles. The minimum atomic E-state index is -5.49. The number of ether oxygens (including phenoxy) is 1. The Morgan fingerprint density at radius 2 is 1.74 bits per heavy atom. The fraction of sp³-hybridized carbons (Fsp3) is 0.650. The lowest BCUT2D eigenvalue weighted by atomic mass is 9.90. The molecule has 31 heavy (non-hydrogen) atoms. The highest BCUT2D eigenvalue weighted by atomic mass is 19.4. The maximum atomic E-state index is 13.2. The first kappa shape index (κ1) is 21.9. The third kappa shape index (κ3) is 5.31. The molecule has 0 unspecified atom stereocenters. The molecule has 0 amide bonds. The Labute approximate surface area is 176 Å². The van der Waals surface area contributed by atoms with E-state index in [1.807, 2.05) is 24.3 Å². The molecular weight excluding hydrogens is 421 g/mol. The van der Waals surface area contributed by atoms with Crippen LogP contribution in [0.3, 0.4) is 0 Å². The second-order valence-corrected chi connectivity index (χ2v) is 8.36. The number of rotatable bonds is 8. The van der Waals surface area contributed by atoms with Crippen molar-refractivity contribution in [3.63, 3.8) is 0 Å². The van der Waals surface area contributed by atoms with Crippen molar-refractivity contribution < 1.29 is 26.7 Å². The van der Waals surface area contributed by atoms with Gasteiger partial charge < -0.3 is 4.74 Å². The zero-order valence-corrected chi connectivity index (χ0v) is 16.8. The Hall–Kier alpha value is -2.30. The molecule has 6 nitrogen and oxygen atoms in total. The number of halogens is 5. The first-order chi connectivity index (χ1) is 14.7. The average Bonchev–Trinajstić information content (AvgIpc) is 3.27. The summed E-state index contributed by atoms with van der Waals surface area (Å²) in [5.41, 5.74) is 0.832. The smallest absolute Gasteiger partial charge is 0.454 e. The average molecular weight is 445 g/mol. The number of nitrogens with zero attached hydrogens (tertiary/aromatic N) is 5. The van der Waals surface area contributed by atoms with Crippen LogP contribution >= 0.6 is 0 Å². The molecule has 2 heterocycles. The van der Waals surface area contributed by atoms with Crippen molar-refractivity contribution in [2.45, 2.75) is 37.8 Å². The molecular formula is C20H24F5N5O. The number of likely N-dealkylation sites (tertiary alicyclic amines) is 1. The van der Waals surface area contributed by atoms with Gasteiger partial charge in [0, 0.05) is 0 Å². The van der Waals surface area contributed by atoms with Gasteiger partial charge >= 0.3 is 12.1 Å². The van der Waals surface area contributed by atoms with Gasteiger partial charge in [0.2, 0.25) is 0 Å². The second-order valence-electron chi connectivity index (χ2n) is 8.36. The van der Waals surface area contributed by atoms with E-state index in [2.05, 4.69) is 15.5 Å². The number of hydrogen-bond donors (Lipinski definition) is 0. The molecule has 11 heteroatoms. The van der Waals surface area contributed by atoms with Crippen LogP contribution in [-0.2, 0) is 0 Å². The number of tetrazole rings is 1. The van der Waals surface area contributed by atoms with Crippen molar-refractivity contribution >= 4 is 0 Å². The zero-order chi connectivity index (χ0) is 22.1. The van der Waals surface area contributed by atoms with Crippen molar-refractivity contribution in [1.29, 1.82) is 0 Å². The van der Waals surface area contributed by atoms with Gasteiger partial charge in [-0.2, -0.15) is 22.0 Å². The highest BCUT2D eigenvalue weighted by Gasteiger charge is 2.58. The van der Waals surface area contributed by atoms with Crippen LogP contribution in [-0.4, -0.2) is 63.4 Å². The standard InChI is InChI=1S/C20H24F5N5O/c21-19(22,20(23,24)25)12-29-8-5-14(6-9-29)18-11-15(18)7-10-31-17-3-1-16(2-4-17)30-13-26-27-28-30/h1-4,13-15,18H,5-12H2/t15-,18-/m1/s1. The maximum Gasteiger partial charge on any atom is 0.454 e. The van der Waals surface area contributed by atoms with Crippen molar-refractivity contribution in [1.82, 2.24) is 25.1 Å². The second kappa shape index (κ2) is 8.68. The summed E-state index contributed by atoms with van der Waals surface area (Å²) in [4.78, 5) is 1.24. The Morgan fingerprint density at radius 3 is 2.35 bits per heavy atom. The number of piperidine rings is 1. The third-order valence-electron chi connectivity index (χ3n) is 6.26. The van der Waals surface area contributed by atoms with Crippen LogP contribution in [0.4, 0.5) is 22.0 Å². The molecule has 0 N–H and O–H groups in total. The van der Waals surface area contributed by atoms with Gasteiger partial charge in [-0.25, -0.2) is 4.68 Å². The Balaban J connectivity index is 1.15. The molecule has 2 fully saturated rings. The van der Waals surface area contributed by atoms with Crippen LogP contribution in [0.2, 0.25) is 0 Å². The molecule has 0 bridgehead atoms. The molecule has 2 atom stereocenters. The van der Waals surface area contributed by atoms with Gasteiger partial charge in [0.05, 0.1) is 18.8 Å². The molecule has 1 aromatic carbocycles. The summed E-state index contributed by atoms with van der Waals surface area (Å²) >= 11 is 0. The van der Waals surface area contributed by atoms with E-state index < -0.39 is 18.6 Å². The quantitative estimate of drug-likeness (QED) is 0.576. The fourth-order valence-corrected chi connectivity index (χ4v) is 4.39. The SMILES string of the molecule is FC(F)(F)C(F)(F)CN1CCC([C@H]2C[C@H]2CCOc2ccc(-n3cnnn3)cc2)CC1. The van der Waals surface area contributed by atoms with Crippen LogP contribution in [0.1, 0.15) is 25.7 Å². The number of benzene rings is 1. The van der Waals surface area contributed by atoms with E-state index in [9.17, 15) is 22.0 Å². The van der Waals surface area contributed by atoms with Crippen molar-refractivity contribution in [2.75, 3.05) is 26.2 Å². The Bertz CT molecular complexity index is 835. The van der Waals surface area contributed by atoms with Crippen molar-refractivity contribution in [2.24, 2.45) is 17.8 Å². The topological polar surface area (TPSA) is 56.1 Å². The van der Waals surface area contributed by atoms with Gasteiger partial charge in [-0.1, -0.05) is 0 Å². The van der Waals surface area contributed by atoms with E-state index in [0.29, 0.717) is 50.3 Å². The molecule has 2 aromatic rings. The first-order valence-electron chi connectivity index (χ1n) is 10.4. The van der Waals surface area contributed by atoms with E-state index >= 15 is 0 Å². The molecule has 1 saturated carbocycles. The van der Waals surface area contributed by atoms with E-state index in [1.165, 1.54) is 11.2 Å². The lowest BCUT2D eigenvalue weighted by Gasteiger charge is -2.34. The van der Waals surface area contributed by atoms with Gasteiger partial charge in [-0.15, -0.1) is 5.10 Å². The zero-order valence-electron chi connectivity index (χ0n) is 16.8. The predicted octanol–water partition coefficient (Wildman–Crippen LogP) is 3.98. The fourth-order valence-electron chi connectivity index (χ4n) is 4.39. The Morgan fingerprint density at radius 1 is 1.03 bits per heavy atom. The summed E-state index contributed by atoms with van der Waals surface area (Å²) in [6.07, 6.45) is -0.644. The van der Waals surface area contributed by atoms with E-state index in [1.54, 1.807) is 4.68 Å². The summed E-state index contributed by atoms with van der Waals surface area (Å²) in [5, 5.41) is 11.0. The Kier molecular flexibility index (Phi) is 6.14. The molecule has 0 radical (unpaired) electrons. The molecule has 2 aliphatic rings. The summed E-state index contributed by atoms with van der Waals surface area (Å²) in [6, 6.07) is 7.44. The number of aromatic nitrogens is 4. The van der Waals surface area contributed by atoms with Crippen LogP contribution in [0, 0.1) is 17.8 Å². The molecule has 170 valence electrons. The largest absolute Gasteiger partial charge is 0.494 e. The van der Waals surface area contributed by atoms with Crippen LogP contribution in [0.5, 0.6) is 5.75 Å². The summed E-state index contributed by atoms with van der Waals surface area (Å²) in [5.74, 6) is -2.43. The predicted molar refractivity (Wildman–Crippen MR) is 101 cm³/mol. The van der Waals surface area contributed by atoms with Gasteiger partial charge in [-0.05, 0) is 91.2 Å². The number of hydrogen-bond acceptors (Lipinski definition) is 5. The van der Waals surface area contributed by atoms with E-state index in [-0.39, 0.29) is 0 Å². The van der Waals surface area contributed by atoms with Crippen LogP contribution in [0.15, 0.2) is 30.6 Å². The molecule has 0 spiro atoms. The van der Waals surface area contributed by atoms with Crippen molar-refractivity contribution in [3.05, 3.63) is 30.6 Å². The highest BCUT2D eigenvalue weighted by Crippen LogP contribution is 2.50. The van der Waals surface area contributed by atoms with Gasteiger partial charge in [0.25, 0.3) is 0 Å². The minimum Gasteiger partial charge on any atom is -0.494 e. The summed E-state index contributed by atoms with van der Waals surface area (Å²) < 4.78 is 71.0. The normalized spacial score (nSPS) is 23.1. The third-order valence-corrected chi connectivity index (χ3v) is 6.26. The van der Waals surface area contributed by atoms with E-state index in [0.717, 1.165) is 24.3 Å². The van der Waals surface area contributed by atoms with Gasteiger partial charge in [0.15, 0.2) is 0 Å². The van der Waals surface area contributed by atoms with Crippen molar-refractivity contribution in [3.8, 4) is 11.4 Å². The highest BCUT2D eigenvalue weighted by molar-refractivity contribution is 5.36. The lowest BCUT2D eigenvalue weighted by Crippen LogP contribution is -2.49. The lowest BCUT2D eigenvalue weighted by molar-refractivity contribution is -0.287. The molecule has 4 rings (SSSR count). The van der Waals surface area contributed by atoms with Crippen LogP contribution < -0.4 is 4.74 Å². The maximum absolute atomic E-state index is 13.2. The molecule has 1 saturated heterocycles. The van der Waals surface area contributed by atoms with Gasteiger partial charge in [0.1, 0.15) is 12.1 Å². The van der Waals surface area contributed by atoms with E-state index in [4.69, 9.17) is 4.74 Å². The monoisotopic (exact) mass is 445 g/mol. The summed E-state index contributed by atoms with van der Waals surface area (Å²) in [6.45, 7) is -0.0627. The van der Waals surface area contributed by atoms with Gasteiger partial charge in [-0.3, -0.25) is 4.90 Å². The molecule has 1 aliphatic heterocycles. The molecule has 1 aliphatic carbocycles. The first-order valence-corrected chi connectivity index (χ1v) is 10.4. The van der Waals surface area contributed by atoms with Crippen LogP contribution in [0.25, 0.3) is 5.69 Å².